The van der Waals surface area contributed by atoms with Crippen LogP contribution in [0.2, 0.25) is 0 Å². The number of halogens is 2. The van der Waals surface area contributed by atoms with E-state index in [0.717, 1.165) is 4.88 Å². The van der Waals surface area contributed by atoms with E-state index in [-0.39, 0.29) is 23.1 Å². The lowest BCUT2D eigenvalue weighted by Gasteiger charge is -2.10. The van der Waals surface area contributed by atoms with Crippen LogP contribution in [0.5, 0.6) is 11.5 Å². The van der Waals surface area contributed by atoms with E-state index >= 15 is 0 Å². The molecule has 0 aliphatic carbocycles. The van der Waals surface area contributed by atoms with E-state index < -0.39 is 12.6 Å². The summed E-state index contributed by atoms with van der Waals surface area (Å²) in [6, 6.07) is 7.88. The molecule has 1 aliphatic rings. The molecule has 0 saturated carbocycles. The van der Waals surface area contributed by atoms with Crippen LogP contribution in [0, 0.1) is 0 Å². The van der Waals surface area contributed by atoms with E-state index in [1.165, 1.54) is 36.6 Å². The largest absolute Gasteiger partial charge is 0.493 e. The van der Waals surface area contributed by atoms with Gasteiger partial charge in [-0.1, -0.05) is 6.07 Å². The monoisotopic (exact) mass is 351 g/mol. The highest BCUT2D eigenvalue weighted by molar-refractivity contribution is 7.10. The number of ether oxygens (including phenoxy) is 3. The Hall–Kier alpha value is -2.74. The topological polar surface area (TPSA) is 57.1 Å². The number of benzene rings is 1. The third kappa shape index (κ3) is 3.43. The van der Waals surface area contributed by atoms with Crippen molar-refractivity contribution < 1.29 is 27.8 Å². The molecular weight excluding hydrogens is 340 g/mol. The van der Waals surface area contributed by atoms with Gasteiger partial charge in [0.1, 0.15) is 0 Å². The van der Waals surface area contributed by atoms with Crippen LogP contribution in [0.25, 0.3) is 6.08 Å². The van der Waals surface area contributed by atoms with Crippen molar-refractivity contribution in [2.24, 2.45) is 4.99 Å². The molecule has 1 aromatic carbocycles. The molecular formula is C16H11F2NO4S. The van der Waals surface area contributed by atoms with Gasteiger partial charge in [-0.15, -0.1) is 11.3 Å². The summed E-state index contributed by atoms with van der Waals surface area (Å²) in [5.74, 6) is -0.535. The van der Waals surface area contributed by atoms with Crippen LogP contribution in [0.15, 0.2) is 46.4 Å². The fraction of sp³-hybridized carbons (Fsp3) is 0.125. The lowest BCUT2D eigenvalue weighted by atomic mass is 10.2. The molecule has 24 heavy (non-hydrogen) atoms. The first kappa shape index (κ1) is 16.1. The second-order valence-electron chi connectivity index (χ2n) is 4.60. The maximum absolute atomic E-state index is 12.3. The molecule has 2 heterocycles. The fourth-order valence-corrected chi connectivity index (χ4v) is 2.69. The Kier molecular flexibility index (Phi) is 4.57. The van der Waals surface area contributed by atoms with Gasteiger partial charge in [0.2, 0.25) is 5.90 Å². The maximum atomic E-state index is 12.3. The van der Waals surface area contributed by atoms with Crippen LogP contribution in [-0.4, -0.2) is 25.6 Å². The van der Waals surface area contributed by atoms with Gasteiger partial charge in [0, 0.05) is 10.4 Å². The minimum absolute atomic E-state index is 0.0738. The second-order valence-corrected chi connectivity index (χ2v) is 5.57. The SMILES string of the molecule is COc1cc(C2=N/C(=C/c3cccs3)C(=O)O2)ccc1OC(F)F. The average Bonchev–Trinajstić information content (AvgIpc) is 3.18. The number of carbonyl (C=O) groups excluding carboxylic acids is 1. The van der Waals surface area contributed by atoms with Crippen molar-refractivity contribution in [2.45, 2.75) is 6.61 Å². The van der Waals surface area contributed by atoms with E-state index in [1.54, 1.807) is 6.08 Å². The van der Waals surface area contributed by atoms with E-state index in [0.29, 0.717) is 5.56 Å². The zero-order valence-electron chi connectivity index (χ0n) is 12.4. The average molecular weight is 351 g/mol. The lowest BCUT2D eigenvalue weighted by molar-refractivity contribution is -0.129. The number of hydrogen-bond acceptors (Lipinski definition) is 6. The molecule has 0 spiro atoms. The molecule has 0 fully saturated rings. The van der Waals surface area contributed by atoms with Crippen molar-refractivity contribution in [3.8, 4) is 11.5 Å². The van der Waals surface area contributed by atoms with Crippen molar-refractivity contribution in [2.75, 3.05) is 7.11 Å². The Labute approximate surface area is 139 Å². The number of carbonyl (C=O) groups is 1. The number of methoxy groups -OCH3 is 1. The van der Waals surface area contributed by atoms with Crippen LogP contribution in [0.4, 0.5) is 8.78 Å². The van der Waals surface area contributed by atoms with Gasteiger partial charge < -0.3 is 14.2 Å². The Morgan fingerprint density at radius 3 is 2.79 bits per heavy atom. The Morgan fingerprint density at radius 1 is 1.29 bits per heavy atom. The number of thiophene rings is 1. The molecule has 0 saturated heterocycles. The third-order valence-corrected chi connectivity index (χ3v) is 3.89. The molecule has 0 unspecified atom stereocenters. The summed E-state index contributed by atoms with van der Waals surface area (Å²) in [6.07, 6.45) is 1.62. The molecule has 124 valence electrons. The number of aliphatic imine (C=N–C) groups is 1. The van der Waals surface area contributed by atoms with Gasteiger partial charge in [0.25, 0.3) is 0 Å². The summed E-state index contributed by atoms with van der Waals surface area (Å²) >= 11 is 1.46. The minimum atomic E-state index is -2.97. The summed E-state index contributed by atoms with van der Waals surface area (Å²) in [5, 5.41) is 1.88. The first-order chi connectivity index (χ1) is 11.6. The lowest BCUT2D eigenvalue weighted by Crippen LogP contribution is -2.07. The molecule has 8 heteroatoms. The molecule has 1 aromatic heterocycles. The minimum Gasteiger partial charge on any atom is -0.493 e. The van der Waals surface area contributed by atoms with Crippen molar-refractivity contribution in [3.63, 3.8) is 0 Å². The Balaban J connectivity index is 1.90. The standard InChI is InChI=1S/C16H11F2NO4S/c1-21-13-7-9(4-5-12(13)22-16(17)18)14-19-11(15(20)23-14)8-10-3-2-6-24-10/h2-8,16H,1H3/b11-8+. The summed E-state index contributed by atoms with van der Waals surface area (Å²) in [4.78, 5) is 16.9. The quantitative estimate of drug-likeness (QED) is 0.609. The highest BCUT2D eigenvalue weighted by atomic mass is 32.1. The van der Waals surface area contributed by atoms with Crippen LogP contribution in [0.1, 0.15) is 10.4 Å². The highest BCUT2D eigenvalue weighted by Gasteiger charge is 2.25. The summed E-state index contributed by atoms with van der Waals surface area (Å²) in [6.45, 7) is -2.97. The van der Waals surface area contributed by atoms with Gasteiger partial charge in [-0.05, 0) is 35.7 Å². The first-order valence-electron chi connectivity index (χ1n) is 6.76. The number of hydrogen-bond donors (Lipinski definition) is 0. The second kappa shape index (κ2) is 6.79. The molecule has 1 aliphatic heterocycles. The Bertz CT molecular complexity index is 815. The normalized spacial score (nSPS) is 15.6. The van der Waals surface area contributed by atoms with E-state index in [9.17, 15) is 13.6 Å². The predicted octanol–water partition coefficient (Wildman–Crippen LogP) is 3.70. The van der Waals surface area contributed by atoms with Crippen LogP contribution in [-0.2, 0) is 9.53 Å². The number of cyclic esters (lactones) is 1. The van der Waals surface area contributed by atoms with Crippen LogP contribution < -0.4 is 9.47 Å². The molecule has 2 aromatic rings. The van der Waals surface area contributed by atoms with Gasteiger partial charge in [-0.25, -0.2) is 9.79 Å². The molecule has 0 bridgehead atoms. The fourth-order valence-electron chi connectivity index (χ4n) is 2.03. The number of esters is 1. The molecule has 5 nitrogen and oxygen atoms in total. The van der Waals surface area contributed by atoms with Crippen molar-refractivity contribution in [3.05, 3.63) is 51.8 Å². The number of alkyl halides is 2. The summed E-state index contributed by atoms with van der Waals surface area (Å²) in [7, 11) is 1.32. The van der Waals surface area contributed by atoms with Gasteiger partial charge in [-0.2, -0.15) is 8.78 Å². The molecule has 0 amide bonds. The van der Waals surface area contributed by atoms with Crippen molar-refractivity contribution >= 4 is 29.3 Å². The van der Waals surface area contributed by atoms with Gasteiger partial charge >= 0.3 is 12.6 Å². The zero-order valence-corrected chi connectivity index (χ0v) is 13.2. The smallest absolute Gasteiger partial charge is 0.387 e. The predicted molar refractivity (Wildman–Crippen MR) is 84.6 cm³/mol. The van der Waals surface area contributed by atoms with E-state index in [4.69, 9.17) is 9.47 Å². The first-order valence-corrected chi connectivity index (χ1v) is 7.64. The van der Waals surface area contributed by atoms with E-state index in [2.05, 4.69) is 9.73 Å². The van der Waals surface area contributed by atoms with Crippen molar-refractivity contribution in [1.82, 2.24) is 0 Å². The third-order valence-electron chi connectivity index (χ3n) is 3.07. The molecule has 0 atom stereocenters. The molecule has 3 rings (SSSR count). The summed E-state index contributed by atoms with van der Waals surface area (Å²) < 4.78 is 39.2. The summed E-state index contributed by atoms with van der Waals surface area (Å²) in [5.41, 5.74) is 0.579. The van der Waals surface area contributed by atoms with Crippen LogP contribution >= 0.6 is 11.3 Å². The van der Waals surface area contributed by atoms with Gasteiger partial charge in [0.15, 0.2) is 17.2 Å². The maximum Gasteiger partial charge on any atom is 0.387 e. The van der Waals surface area contributed by atoms with E-state index in [1.807, 2.05) is 17.5 Å². The number of nitrogens with zero attached hydrogens (tertiary/aromatic N) is 1. The molecule has 0 radical (unpaired) electrons. The number of rotatable bonds is 5. The zero-order chi connectivity index (χ0) is 17.1. The van der Waals surface area contributed by atoms with Gasteiger partial charge in [-0.3, -0.25) is 0 Å². The Morgan fingerprint density at radius 2 is 2.12 bits per heavy atom. The van der Waals surface area contributed by atoms with Crippen LogP contribution in [0.3, 0.4) is 0 Å². The highest BCUT2D eigenvalue weighted by Crippen LogP contribution is 2.31. The van der Waals surface area contributed by atoms with Gasteiger partial charge in [0.05, 0.1) is 7.11 Å². The van der Waals surface area contributed by atoms with Crippen molar-refractivity contribution in [1.29, 1.82) is 0 Å². The molecule has 0 N–H and O–H groups in total.